The molecule has 1 aromatic carbocycles. The Labute approximate surface area is 222 Å². The van der Waals surface area contributed by atoms with Crippen LogP contribution in [-0.4, -0.2) is 91.0 Å². The summed E-state index contributed by atoms with van der Waals surface area (Å²) >= 11 is 0. The second-order valence-corrected chi connectivity index (χ2v) is 11.2. The molecule has 0 aliphatic carbocycles. The lowest BCUT2D eigenvalue weighted by molar-refractivity contribution is -0.147. The second kappa shape index (κ2) is 14.6. The number of aryl methyl sites for hydroxylation is 1. The maximum atomic E-state index is 14.1. The van der Waals surface area contributed by atoms with Crippen LogP contribution in [0.25, 0.3) is 0 Å². The van der Waals surface area contributed by atoms with Crippen molar-refractivity contribution in [3.8, 4) is 5.75 Å². The molecular formula is C25H35FN4O7S. The molecule has 210 valence electrons. The number of carboxylic acid groups (broad SMARTS) is 2. The van der Waals surface area contributed by atoms with Crippen LogP contribution in [0.15, 0.2) is 30.6 Å². The van der Waals surface area contributed by atoms with Gasteiger partial charge in [-0.25, -0.2) is 22.8 Å². The van der Waals surface area contributed by atoms with Gasteiger partial charge in [0.1, 0.15) is 24.6 Å². The number of halogens is 1. The molecule has 2 aromatic rings. The van der Waals surface area contributed by atoms with Gasteiger partial charge < -0.3 is 19.8 Å². The van der Waals surface area contributed by atoms with E-state index in [0.29, 0.717) is 18.4 Å². The lowest BCUT2D eigenvalue weighted by atomic mass is 10.0. The minimum Gasteiger partial charge on any atom is -0.492 e. The number of rotatable bonds is 11. The van der Waals surface area contributed by atoms with Crippen LogP contribution in [0.2, 0.25) is 0 Å². The number of ether oxygens (including phenoxy) is 1. The first-order chi connectivity index (χ1) is 17.9. The van der Waals surface area contributed by atoms with Crippen molar-refractivity contribution >= 4 is 27.7 Å². The van der Waals surface area contributed by atoms with E-state index in [1.165, 1.54) is 12.1 Å². The number of sulfone groups is 1. The fourth-order valence-electron chi connectivity index (χ4n) is 3.84. The number of likely N-dealkylation sites (N-methyl/N-ethyl adjacent to an activating group) is 1. The fraction of sp³-hybridized carbons (Fsp3) is 0.520. The van der Waals surface area contributed by atoms with Crippen molar-refractivity contribution in [2.75, 3.05) is 44.4 Å². The number of hydrogen-bond donors (Lipinski definition) is 2. The SMILES string of the molecule is CCc1cnc(N2CCC(N(C)CCOc3ccc(CS(C)(=O)=O)c(F)c3)CC2)nc1.O=C(O)CC(=O)O. The van der Waals surface area contributed by atoms with E-state index in [1.54, 1.807) is 6.07 Å². The van der Waals surface area contributed by atoms with Crippen LogP contribution in [0, 0.1) is 5.82 Å². The summed E-state index contributed by atoms with van der Waals surface area (Å²) in [7, 11) is -1.20. The van der Waals surface area contributed by atoms with E-state index in [-0.39, 0.29) is 11.3 Å². The van der Waals surface area contributed by atoms with Crippen LogP contribution in [-0.2, 0) is 31.6 Å². The molecule has 1 aliphatic rings. The zero-order valence-corrected chi connectivity index (χ0v) is 22.7. The van der Waals surface area contributed by atoms with Gasteiger partial charge >= 0.3 is 11.9 Å². The third kappa shape index (κ3) is 11.0. The number of aromatic nitrogens is 2. The summed E-state index contributed by atoms with van der Waals surface area (Å²) in [5.74, 6) is -2.29. The van der Waals surface area contributed by atoms with Crippen LogP contribution in [0.5, 0.6) is 5.75 Å². The Morgan fingerprint density at radius 3 is 2.24 bits per heavy atom. The first-order valence-electron chi connectivity index (χ1n) is 12.2. The van der Waals surface area contributed by atoms with E-state index in [9.17, 15) is 22.4 Å². The molecule has 1 fully saturated rings. The molecule has 1 saturated heterocycles. The molecule has 3 rings (SSSR count). The van der Waals surface area contributed by atoms with Crippen molar-refractivity contribution in [3.05, 3.63) is 47.5 Å². The molecule has 1 aliphatic heterocycles. The van der Waals surface area contributed by atoms with Gasteiger partial charge in [-0.15, -0.1) is 0 Å². The average molecular weight is 555 g/mol. The Morgan fingerprint density at radius 2 is 1.76 bits per heavy atom. The maximum Gasteiger partial charge on any atom is 0.314 e. The quantitative estimate of drug-likeness (QED) is 0.394. The normalized spacial score (nSPS) is 14.1. The van der Waals surface area contributed by atoms with E-state index in [1.807, 2.05) is 12.4 Å². The number of carbonyl (C=O) groups is 2. The summed E-state index contributed by atoms with van der Waals surface area (Å²) < 4.78 is 42.5. The highest BCUT2D eigenvalue weighted by Gasteiger charge is 2.23. The smallest absolute Gasteiger partial charge is 0.314 e. The second-order valence-electron chi connectivity index (χ2n) is 9.08. The monoisotopic (exact) mass is 554 g/mol. The Morgan fingerprint density at radius 1 is 1.16 bits per heavy atom. The van der Waals surface area contributed by atoms with E-state index in [4.69, 9.17) is 14.9 Å². The zero-order chi connectivity index (χ0) is 28.3. The molecule has 0 spiro atoms. The minimum atomic E-state index is -3.28. The third-order valence-corrected chi connectivity index (χ3v) is 6.76. The predicted octanol–water partition coefficient (Wildman–Crippen LogP) is 2.25. The van der Waals surface area contributed by atoms with Crippen LogP contribution < -0.4 is 9.64 Å². The Hall–Kier alpha value is -3.32. The van der Waals surface area contributed by atoms with Crippen molar-refractivity contribution in [2.24, 2.45) is 0 Å². The molecule has 0 amide bonds. The van der Waals surface area contributed by atoms with Crippen LogP contribution in [0.1, 0.15) is 37.3 Å². The molecule has 0 unspecified atom stereocenters. The molecular weight excluding hydrogens is 519 g/mol. The molecule has 11 nitrogen and oxygen atoms in total. The number of nitrogens with zero attached hydrogens (tertiary/aromatic N) is 4. The average Bonchev–Trinajstić information content (AvgIpc) is 2.84. The number of piperidine rings is 1. The van der Waals surface area contributed by atoms with Gasteiger partial charge in [0, 0.05) is 56.0 Å². The van der Waals surface area contributed by atoms with E-state index in [2.05, 4.69) is 33.7 Å². The number of aliphatic carboxylic acids is 2. The van der Waals surface area contributed by atoms with E-state index in [0.717, 1.165) is 56.7 Å². The highest BCUT2D eigenvalue weighted by Crippen LogP contribution is 2.21. The molecule has 0 atom stereocenters. The standard InChI is InChI=1S/C22H31FN4O3S.C3H4O4/c1-4-17-14-24-22(25-15-17)27-9-7-19(8-10-27)26(2)11-12-30-20-6-5-18(21(23)13-20)16-31(3,28)29;4-2(5)1-3(6)7/h5-6,13-15,19H,4,7-12,16H2,1-3H3;1H2,(H,4,5)(H,6,7). The van der Waals surface area contributed by atoms with Gasteiger partial charge in [-0.2, -0.15) is 0 Å². The summed E-state index contributed by atoms with van der Waals surface area (Å²) in [6.45, 7) is 5.07. The third-order valence-electron chi connectivity index (χ3n) is 5.93. The molecule has 0 saturated carbocycles. The molecule has 13 heteroatoms. The lowest BCUT2D eigenvalue weighted by Gasteiger charge is -2.36. The summed E-state index contributed by atoms with van der Waals surface area (Å²) in [6, 6.07) is 4.79. The molecule has 2 N–H and O–H groups in total. The predicted molar refractivity (Wildman–Crippen MR) is 140 cm³/mol. The zero-order valence-electron chi connectivity index (χ0n) is 21.8. The van der Waals surface area contributed by atoms with Gasteiger partial charge in [-0.1, -0.05) is 13.0 Å². The molecule has 2 heterocycles. The van der Waals surface area contributed by atoms with Gasteiger partial charge in [-0.05, 0) is 37.9 Å². The van der Waals surface area contributed by atoms with Crippen LogP contribution in [0.3, 0.4) is 0 Å². The van der Waals surface area contributed by atoms with Gasteiger partial charge in [0.2, 0.25) is 5.95 Å². The van der Waals surface area contributed by atoms with Crippen molar-refractivity contribution in [1.29, 1.82) is 0 Å². The highest BCUT2D eigenvalue weighted by atomic mass is 32.2. The summed E-state index contributed by atoms with van der Waals surface area (Å²) in [5, 5.41) is 15.4. The number of hydrogen-bond acceptors (Lipinski definition) is 9. The molecule has 1 aromatic heterocycles. The van der Waals surface area contributed by atoms with E-state index < -0.39 is 34.0 Å². The summed E-state index contributed by atoms with van der Waals surface area (Å²) in [6.07, 6.45) is 7.05. The van der Waals surface area contributed by atoms with Crippen molar-refractivity contribution in [1.82, 2.24) is 14.9 Å². The van der Waals surface area contributed by atoms with Gasteiger partial charge in [0.25, 0.3) is 0 Å². The van der Waals surface area contributed by atoms with Crippen molar-refractivity contribution in [3.63, 3.8) is 0 Å². The van der Waals surface area contributed by atoms with Crippen molar-refractivity contribution < 1.29 is 37.3 Å². The Bertz CT molecular complexity index is 1160. The molecule has 0 radical (unpaired) electrons. The number of anilines is 1. The topological polar surface area (TPSA) is 150 Å². The number of carboxylic acids is 2. The highest BCUT2D eigenvalue weighted by molar-refractivity contribution is 7.89. The summed E-state index contributed by atoms with van der Waals surface area (Å²) in [5.41, 5.74) is 1.30. The first kappa shape index (κ1) is 30.9. The maximum absolute atomic E-state index is 14.1. The Kier molecular flexibility index (Phi) is 11.9. The van der Waals surface area contributed by atoms with Gasteiger partial charge in [0.15, 0.2) is 9.84 Å². The lowest BCUT2D eigenvalue weighted by Crippen LogP contribution is -2.45. The number of benzene rings is 1. The largest absolute Gasteiger partial charge is 0.492 e. The fourth-order valence-corrected chi connectivity index (χ4v) is 4.64. The van der Waals surface area contributed by atoms with Gasteiger partial charge in [-0.3, -0.25) is 14.5 Å². The molecule has 38 heavy (non-hydrogen) atoms. The van der Waals surface area contributed by atoms with E-state index >= 15 is 0 Å². The summed E-state index contributed by atoms with van der Waals surface area (Å²) in [4.78, 5) is 32.3. The van der Waals surface area contributed by atoms with Crippen LogP contribution >= 0.6 is 0 Å². The Balaban J connectivity index is 0.000000638. The minimum absolute atomic E-state index is 0.159. The van der Waals surface area contributed by atoms with Gasteiger partial charge in [0.05, 0.1) is 5.75 Å². The van der Waals surface area contributed by atoms with Crippen molar-refractivity contribution in [2.45, 2.75) is 44.4 Å². The van der Waals surface area contributed by atoms with Crippen LogP contribution in [0.4, 0.5) is 10.3 Å². The first-order valence-corrected chi connectivity index (χ1v) is 14.2. The molecule has 0 bridgehead atoms.